The third kappa shape index (κ3) is 5.25. The Balaban J connectivity index is 1.76. The number of anilines is 1. The van der Waals surface area contributed by atoms with Crippen molar-refractivity contribution in [3.8, 4) is 0 Å². The van der Waals surface area contributed by atoms with Crippen molar-refractivity contribution in [1.82, 2.24) is 14.9 Å². The molecule has 6 heteroatoms. The highest BCUT2D eigenvalue weighted by Crippen LogP contribution is 2.19. The van der Waals surface area contributed by atoms with E-state index in [9.17, 15) is 4.79 Å². The maximum atomic E-state index is 12.3. The molecule has 0 aliphatic rings. The number of thioether (sulfide) groups is 1. The van der Waals surface area contributed by atoms with E-state index in [2.05, 4.69) is 46.5 Å². The number of benzene rings is 1. The minimum atomic E-state index is -0.0482. The van der Waals surface area contributed by atoms with Crippen molar-refractivity contribution in [1.29, 1.82) is 0 Å². The van der Waals surface area contributed by atoms with E-state index < -0.39 is 0 Å². The van der Waals surface area contributed by atoms with Gasteiger partial charge in [-0.05, 0) is 31.2 Å². The molecule has 0 unspecified atom stereocenters. The lowest BCUT2D eigenvalue weighted by Gasteiger charge is -2.16. The van der Waals surface area contributed by atoms with Crippen LogP contribution in [0.2, 0.25) is 0 Å². The largest absolute Gasteiger partial charge is 0.357 e. The molecule has 0 spiro atoms. The fourth-order valence-electron chi connectivity index (χ4n) is 2.02. The van der Waals surface area contributed by atoms with E-state index in [1.165, 1.54) is 10.5 Å². The Morgan fingerprint density at radius 1 is 1.22 bits per heavy atom. The second kappa shape index (κ2) is 8.53. The van der Waals surface area contributed by atoms with Gasteiger partial charge in [0.05, 0.1) is 5.56 Å². The second-order valence-electron chi connectivity index (χ2n) is 5.29. The molecule has 23 heavy (non-hydrogen) atoms. The van der Waals surface area contributed by atoms with Crippen molar-refractivity contribution in [2.24, 2.45) is 0 Å². The Hall–Kier alpha value is -2.08. The molecule has 1 aromatic carbocycles. The number of aromatic nitrogens is 2. The van der Waals surface area contributed by atoms with Crippen molar-refractivity contribution in [3.63, 3.8) is 0 Å². The summed E-state index contributed by atoms with van der Waals surface area (Å²) in [5, 5.41) is 2.83. The number of rotatable bonds is 7. The standard InChI is InChI=1S/C17H22N4OS/c1-13-5-7-15(8-6-13)23-10-4-9-21(3)16(22)14-11-19-17(18-2)20-12-14/h5-8,11-12H,4,9-10H2,1-3H3,(H,18,19,20). The molecule has 1 heterocycles. The third-order valence-corrected chi connectivity index (χ3v) is 4.49. The van der Waals surface area contributed by atoms with Crippen LogP contribution in [0.15, 0.2) is 41.6 Å². The highest BCUT2D eigenvalue weighted by Gasteiger charge is 2.12. The minimum Gasteiger partial charge on any atom is -0.357 e. The number of nitrogens with zero attached hydrogens (tertiary/aromatic N) is 3. The second-order valence-corrected chi connectivity index (χ2v) is 6.46. The SMILES string of the molecule is CNc1ncc(C(=O)N(C)CCCSc2ccc(C)cc2)cn1. The van der Waals surface area contributed by atoms with Gasteiger partial charge in [-0.15, -0.1) is 11.8 Å². The highest BCUT2D eigenvalue weighted by atomic mass is 32.2. The molecule has 1 N–H and O–H groups in total. The van der Waals surface area contributed by atoms with Gasteiger partial charge in [-0.2, -0.15) is 0 Å². The van der Waals surface area contributed by atoms with Gasteiger partial charge in [-0.1, -0.05) is 17.7 Å². The lowest BCUT2D eigenvalue weighted by Crippen LogP contribution is -2.28. The monoisotopic (exact) mass is 330 g/mol. The van der Waals surface area contributed by atoms with E-state index in [1.54, 1.807) is 24.3 Å². The number of amides is 1. The molecule has 0 saturated heterocycles. The summed E-state index contributed by atoms with van der Waals surface area (Å²) in [6.45, 7) is 2.80. The summed E-state index contributed by atoms with van der Waals surface area (Å²) in [7, 11) is 3.56. The van der Waals surface area contributed by atoms with E-state index in [0.29, 0.717) is 18.1 Å². The molecule has 0 fully saturated rings. The molecular formula is C17H22N4OS. The summed E-state index contributed by atoms with van der Waals surface area (Å²) in [6.07, 6.45) is 4.05. The molecular weight excluding hydrogens is 308 g/mol. The van der Waals surface area contributed by atoms with Crippen molar-refractivity contribution in [2.45, 2.75) is 18.2 Å². The molecule has 1 aromatic heterocycles. The van der Waals surface area contributed by atoms with Crippen molar-refractivity contribution in [3.05, 3.63) is 47.8 Å². The Labute approximate surface area is 141 Å². The van der Waals surface area contributed by atoms with Crippen LogP contribution < -0.4 is 5.32 Å². The molecule has 2 rings (SSSR count). The van der Waals surface area contributed by atoms with Crippen molar-refractivity contribution in [2.75, 3.05) is 31.7 Å². The topological polar surface area (TPSA) is 58.1 Å². The van der Waals surface area contributed by atoms with E-state index in [4.69, 9.17) is 0 Å². The first kappa shape index (κ1) is 17.3. The number of nitrogens with one attached hydrogen (secondary N) is 1. The van der Waals surface area contributed by atoms with Crippen LogP contribution >= 0.6 is 11.8 Å². The summed E-state index contributed by atoms with van der Waals surface area (Å²) in [5.74, 6) is 1.45. The fourth-order valence-corrected chi connectivity index (χ4v) is 2.85. The predicted molar refractivity (Wildman–Crippen MR) is 95.1 cm³/mol. The fraction of sp³-hybridized carbons (Fsp3) is 0.353. The first-order valence-corrected chi connectivity index (χ1v) is 8.53. The Bertz CT molecular complexity index is 628. The van der Waals surface area contributed by atoms with Gasteiger partial charge in [0.1, 0.15) is 0 Å². The van der Waals surface area contributed by atoms with Crippen LogP contribution in [0.1, 0.15) is 22.3 Å². The number of aryl methyl sites for hydroxylation is 1. The normalized spacial score (nSPS) is 10.4. The van der Waals surface area contributed by atoms with Crippen molar-refractivity contribution >= 4 is 23.6 Å². The lowest BCUT2D eigenvalue weighted by molar-refractivity contribution is 0.0794. The Morgan fingerprint density at radius 2 is 1.87 bits per heavy atom. The van der Waals surface area contributed by atoms with Crippen LogP contribution in [-0.4, -0.2) is 47.2 Å². The number of carbonyl (C=O) groups is 1. The smallest absolute Gasteiger partial charge is 0.256 e. The molecule has 5 nitrogen and oxygen atoms in total. The lowest BCUT2D eigenvalue weighted by atomic mass is 10.2. The average molecular weight is 330 g/mol. The van der Waals surface area contributed by atoms with Gasteiger partial charge in [0, 0.05) is 37.9 Å². The zero-order valence-corrected chi connectivity index (χ0v) is 14.6. The number of carbonyl (C=O) groups excluding carboxylic acids is 1. The van der Waals surface area contributed by atoms with E-state index >= 15 is 0 Å². The summed E-state index contributed by atoms with van der Waals surface area (Å²) in [4.78, 5) is 23.4. The van der Waals surface area contributed by atoms with Crippen LogP contribution in [0.3, 0.4) is 0 Å². The molecule has 122 valence electrons. The van der Waals surface area contributed by atoms with Crippen LogP contribution in [0, 0.1) is 6.92 Å². The minimum absolute atomic E-state index is 0.0482. The zero-order valence-electron chi connectivity index (χ0n) is 13.7. The summed E-state index contributed by atoms with van der Waals surface area (Å²) in [5.41, 5.74) is 1.78. The van der Waals surface area contributed by atoms with Gasteiger partial charge in [-0.3, -0.25) is 4.79 Å². The molecule has 2 aromatic rings. The quantitative estimate of drug-likeness (QED) is 0.624. The molecule has 0 aliphatic carbocycles. The van der Waals surface area contributed by atoms with Gasteiger partial charge in [0.2, 0.25) is 5.95 Å². The third-order valence-electron chi connectivity index (χ3n) is 3.40. The van der Waals surface area contributed by atoms with Crippen LogP contribution in [0.25, 0.3) is 0 Å². The van der Waals surface area contributed by atoms with Gasteiger partial charge in [0.25, 0.3) is 5.91 Å². The van der Waals surface area contributed by atoms with Gasteiger partial charge < -0.3 is 10.2 Å². The Morgan fingerprint density at radius 3 is 2.48 bits per heavy atom. The maximum Gasteiger partial charge on any atom is 0.256 e. The molecule has 0 aliphatic heterocycles. The van der Waals surface area contributed by atoms with E-state index in [0.717, 1.165) is 12.2 Å². The van der Waals surface area contributed by atoms with Gasteiger partial charge >= 0.3 is 0 Å². The van der Waals surface area contributed by atoms with Gasteiger partial charge in [0.15, 0.2) is 0 Å². The predicted octanol–water partition coefficient (Wildman–Crippen LogP) is 3.08. The van der Waals surface area contributed by atoms with E-state index in [-0.39, 0.29) is 5.91 Å². The molecule has 0 atom stereocenters. The highest BCUT2D eigenvalue weighted by molar-refractivity contribution is 7.99. The summed E-state index contributed by atoms with van der Waals surface area (Å²) >= 11 is 1.81. The molecule has 1 amide bonds. The number of hydrogen-bond acceptors (Lipinski definition) is 5. The van der Waals surface area contributed by atoms with Crippen LogP contribution in [0.4, 0.5) is 5.95 Å². The first-order valence-electron chi connectivity index (χ1n) is 7.55. The first-order chi connectivity index (χ1) is 11.1. The van der Waals surface area contributed by atoms with Crippen molar-refractivity contribution < 1.29 is 4.79 Å². The van der Waals surface area contributed by atoms with Crippen LogP contribution in [-0.2, 0) is 0 Å². The summed E-state index contributed by atoms with van der Waals surface area (Å²) in [6, 6.07) is 8.50. The van der Waals surface area contributed by atoms with E-state index in [1.807, 2.05) is 18.8 Å². The molecule has 0 saturated carbocycles. The number of hydrogen-bond donors (Lipinski definition) is 1. The Kier molecular flexibility index (Phi) is 6.40. The average Bonchev–Trinajstić information content (AvgIpc) is 2.59. The zero-order chi connectivity index (χ0) is 16.7. The summed E-state index contributed by atoms with van der Waals surface area (Å²) < 4.78 is 0. The maximum absolute atomic E-state index is 12.3. The molecule has 0 bridgehead atoms. The van der Waals surface area contributed by atoms with Crippen LogP contribution in [0.5, 0.6) is 0 Å². The van der Waals surface area contributed by atoms with Gasteiger partial charge in [-0.25, -0.2) is 9.97 Å². The molecule has 0 radical (unpaired) electrons.